The second-order valence-electron chi connectivity index (χ2n) is 6.78. The molecule has 0 fully saturated rings. The van der Waals surface area contributed by atoms with Gasteiger partial charge in [-0.15, -0.1) is 0 Å². The zero-order valence-electron chi connectivity index (χ0n) is 16.4. The molecule has 0 aliphatic rings. The lowest BCUT2D eigenvalue weighted by Gasteiger charge is -2.20. The Morgan fingerprint density at radius 2 is 1.59 bits per heavy atom. The minimum Gasteiger partial charge on any atom is -0.376 e. The van der Waals surface area contributed by atoms with Crippen LogP contribution < -0.4 is 10.2 Å². The van der Waals surface area contributed by atoms with E-state index in [4.69, 9.17) is 0 Å². The van der Waals surface area contributed by atoms with Gasteiger partial charge in [-0.3, -0.25) is 4.79 Å². The van der Waals surface area contributed by atoms with E-state index in [-0.39, 0.29) is 17.0 Å². The molecule has 1 amide bonds. The highest BCUT2D eigenvalue weighted by Crippen LogP contribution is 2.30. The molecule has 0 aliphatic carbocycles. The van der Waals surface area contributed by atoms with Gasteiger partial charge in [0.05, 0.1) is 28.3 Å². The molecule has 158 valence electrons. The van der Waals surface area contributed by atoms with Gasteiger partial charge in [0.1, 0.15) is 0 Å². The monoisotopic (exact) mass is 429 g/mol. The van der Waals surface area contributed by atoms with E-state index in [0.717, 1.165) is 16.4 Å². The average molecular weight is 429 g/mol. The quantitative estimate of drug-likeness (QED) is 0.766. The van der Waals surface area contributed by atoms with Crippen LogP contribution in [0.2, 0.25) is 0 Å². The number of nitrogens with one attached hydrogen (secondary N) is 1. The number of hydrogen-bond acceptors (Lipinski definition) is 4. The number of alkyl halides is 3. The first-order chi connectivity index (χ1) is 13.3. The number of carbonyl (C=O) groups excluding carboxylic acids is 1. The molecule has 0 saturated heterocycles. The van der Waals surface area contributed by atoms with Gasteiger partial charge in [0.15, 0.2) is 0 Å². The molecule has 0 aromatic heterocycles. The van der Waals surface area contributed by atoms with Gasteiger partial charge in [0.2, 0.25) is 15.9 Å². The summed E-state index contributed by atoms with van der Waals surface area (Å²) >= 11 is 0. The zero-order valence-corrected chi connectivity index (χ0v) is 17.2. The van der Waals surface area contributed by atoms with E-state index in [1.54, 1.807) is 25.1 Å². The van der Waals surface area contributed by atoms with Gasteiger partial charge in [-0.1, -0.05) is 12.1 Å². The van der Waals surface area contributed by atoms with Crippen LogP contribution in [0.3, 0.4) is 0 Å². The summed E-state index contributed by atoms with van der Waals surface area (Å²) in [6.45, 7) is 0. The van der Waals surface area contributed by atoms with Crippen molar-refractivity contribution >= 4 is 27.3 Å². The normalized spacial score (nSPS) is 12.1. The van der Waals surface area contributed by atoms with Crippen molar-refractivity contribution in [2.24, 2.45) is 0 Å². The van der Waals surface area contributed by atoms with Crippen molar-refractivity contribution in [3.8, 4) is 0 Å². The molecular formula is C19H22F3N3O3S. The predicted molar refractivity (Wildman–Crippen MR) is 105 cm³/mol. The van der Waals surface area contributed by atoms with E-state index >= 15 is 0 Å². The van der Waals surface area contributed by atoms with Gasteiger partial charge >= 0.3 is 6.18 Å². The minimum atomic E-state index is -4.44. The Morgan fingerprint density at radius 3 is 2.07 bits per heavy atom. The second-order valence-corrected chi connectivity index (χ2v) is 8.93. The molecule has 0 radical (unpaired) electrons. The first-order valence-corrected chi connectivity index (χ1v) is 9.96. The highest BCUT2D eigenvalue weighted by molar-refractivity contribution is 7.89. The predicted octanol–water partition coefficient (Wildman–Crippen LogP) is 3.20. The number of carbonyl (C=O) groups is 1. The molecule has 0 atom stereocenters. The first kappa shape index (κ1) is 22.7. The molecule has 2 rings (SSSR count). The molecule has 0 spiro atoms. The van der Waals surface area contributed by atoms with Crippen molar-refractivity contribution in [2.75, 3.05) is 38.4 Å². The summed E-state index contributed by atoms with van der Waals surface area (Å²) in [5.41, 5.74) is 0.482. The Balaban J connectivity index is 2.26. The maximum absolute atomic E-state index is 12.6. The smallest absolute Gasteiger partial charge is 0.376 e. The number of halogens is 3. The Bertz CT molecular complexity index is 986. The Labute approximate surface area is 168 Å². The van der Waals surface area contributed by atoms with Gasteiger partial charge < -0.3 is 10.2 Å². The van der Waals surface area contributed by atoms with Crippen LogP contribution in [-0.2, 0) is 27.4 Å². The molecule has 1 N–H and O–H groups in total. The van der Waals surface area contributed by atoms with Crippen molar-refractivity contribution in [2.45, 2.75) is 17.5 Å². The van der Waals surface area contributed by atoms with Crippen molar-refractivity contribution in [3.05, 3.63) is 53.6 Å². The molecule has 0 heterocycles. The first-order valence-electron chi connectivity index (χ1n) is 8.52. The number of hydrogen-bond donors (Lipinski definition) is 1. The highest BCUT2D eigenvalue weighted by atomic mass is 32.2. The van der Waals surface area contributed by atoms with E-state index in [1.165, 1.54) is 38.4 Å². The summed E-state index contributed by atoms with van der Waals surface area (Å²) in [5, 5.41) is 2.65. The molecule has 2 aromatic carbocycles. The lowest BCUT2D eigenvalue weighted by Crippen LogP contribution is -2.23. The van der Waals surface area contributed by atoms with Crippen LogP contribution >= 0.6 is 0 Å². The highest BCUT2D eigenvalue weighted by Gasteiger charge is 2.30. The molecule has 0 saturated carbocycles. The summed E-state index contributed by atoms with van der Waals surface area (Å²) < 4.78 is 63.7. The van der Waals surface area contributed by atoms with Crippen LogP contribution in [0.15, 0.2) is 47.4 Å². The van der Waals surface area contributed by atoms with Gasteiger partial charge in [-0.05, 0) is 35.9 Å². The van der Waals surface area contributed by atoms with E-state index in [0.29, 0.717) is 11.3 Å². The number of benzene rings is 2. The Hall–Kier alpha value is -2.59. The number of nitrogens with zero attached hydrogens (tertiary/aromatic N) is 2. The molecule has 10 heteroatoms. The average Bonchev–Trinajstić information content (AvgIpc) is 2.60. The molecular weight excluding hydrogens is 407 g/mol. The Morgan fingerprint density at radius 1 is 1.00 bits per heavy atom. The number of rotatable bonds is 6. The van der Waals surface area contributed by atoms with E-state index in [2.05, 4.69) is 5.32 Å². The Kier molecular flexibility index (Phi) is 6.59. The van der Waals surface area contributed by atoms with Crippen LogP contribution in [0, 0.1) is 0 Å². The third-order valence-corrected chi connectivity index (χ3v) is 5.96. The van der Waals surface area contributed by atoms with Crippen LogP contribution in [-0.4, -0.2) is 46.8 Å². The van der Waals surface area contributed by atoms with Crippen LogP contribution in [0.5, 0.6) is 0 Å². The van der Waals surface area contributed by atoms with Crippen LogP contribution in [0.4, 0.5) is 24.5 Å². The molecule has 29 heavy (non-hydrogen) atoms. The maximum atomic E-state index is 12.6. The molecule has 2 aromatic rings. The van der Waals surface area contributed by atoms with Gasteiger partial charge in [0.25, 0.3) is 0 Å². The van der Waals surface area contributed by atoms with E-state index < -0.39 is 27.7 Å². The standard InChI is InChI=1S/C19H22F3N3O3S/c1-24(2)17-10-9-15(29(27,28)25(3)4)12-16(17)23-18(26)11-13-5-7-14(8-6-13)19(20,21)22/h5-10,12H,11H2,1-4H3,(H,23,26). The van der Waals surface area contributed by atoms with Crippen molar-refractivity contribution in [1.82, 2.24) is 4.31 Å². The summed E-state index contributed by atoms with van der Waals surface area (Å²) in [4.78, 5) is 14.1. The molecule has 0 bridgehead atoms. The fraction of sp³-hybridized carbons (Fsp3) is 0.316. The molecule has 0 unspecified atom stereocenters. The third-order valence-electron chi connectivity index (χ3n) is 4.15. The topological polar surface area (TPSA) is 69.7 Å². The van der Waals surface area contributed by atoms with Crippen molar-refractivity contribution in [1.29, 1.82) is 0 Å². The number of amides is 1. The van der Waals surface area contributed by atoms with E-state index in [1.807, 2.05) is 0 Å². The van der Waals surface area contributed by atoms with Gasteiger partial charge in [0, 0.05) is 28.2 Å². The fourth-order valence-electron chi connectivity index (χ4n) is 2.57. The largest absolute Gasteiger partial charge is 0.416 e. The summed E-state index contributed by atoms with van der Waals surface area (Å²) in [7, 11) is 2.58. The van der Waals surface area contributed by atoms with Gasteiger partial charge in [-0.25, -0.2) is 12.7 Å². The lowest BCUT2D eigenvalue weighted by molar-refractivity contribution is -0.137. The van der Waals surface area contributed by atoms with E-state index in [9.17, 15) is 26.4 Å². The number of anilines is 2. The van der Waals surface area contributed by atoms with Gasteiger partial charge in [-0.2, -0.15) is 13.2 Å². The molecule has 0 aliphatic heterocycles. The molecule has 6 nitrogen and oxygen atoms in total. The third kappa shape index (κ3) is 5.48. The maximum Gasteiger partial charge on any atom is 0.416 e. The van der Waals surface area contributed by atoms with Crippen LogP contribution in [0.25, 0.3) is 0 Å². The van der Waals surface area contributed by atoms with Crippen molar-refractivity contribution < 1.29 is 26.4 Å². The second kappa shape index (κ2) is 8.42. The summed E-state index contributed by atoms with van der Waals surface area (Å²) in [6.07, 6.45) is -4.60. The van der Waals surface area contributed by atoms with Crippen LogP contribution in [0.1, 0.15) is 11.1 Å². The zero-order chi connectivity index (χ0) is 22.0. The minimum absolute atomic E-state index is 0.0120. The van der Waals surface area contributed by atoms with Crippen molar-refractivity contribution in [3.63, 3.8) is 0 Å². The fourth-order valence-corrected chi connectivity index (χ4v) is 3.50. The SMILES string of the molecule is CN(C)c1ccc(S(=O)(=O)N(C)C)cc1NC(=O)Cc1ccc(C(F)(F)F)cc1. The number of sulfonamides is 1. The summed E-state index contributed by atoms with van der Waals surface area (Å²) in [6, 6.07) is 8.68. The lowest BCUT2D eigenvalue weighted by atomic mass is 10.1. The summed E-state index contributed by atoms with van der Waals surface area (Å²) in [5.74, 6) is -0.479.